The molecule has 0 spiro atoms. The normalized spacial score (nSPS) is 23.4. The Bertz CT molecular complexity index is 1160. The molecule has 2 aromatic rings. The number of para-hydroxylation sites is 1. The molecule has 1 saturated carbocycles. The summed E-state index contributed by atoms with van der Waals surface area (Å²) < 4.78 is 0.280. The number of carboxylic acid groups (broad SMARTS) is 1. The molecule has 2 aromatic carbocycles. The van der Waals surface area contributed by atoms with Gasteiger partial charge in [0.2, 0.25) is 0 Å². The fraction of sp³-hybridized carbons (Fsp3) is 0.240. The van der Waals surface area contributed by atoms with Crippen LogP contribution in [0.4, 0.5) is 11.4 Å². The van der Waals surface area contributed by atoms with E-state index in [2.05, 4.69) is 53.4 Å². The molecule has 5 rings (SSSR count). The summed E-state index contributed by atoms with van der Waals surface area (Å²) in [5.74, 6) is -0.884. The Morgan fingerprint density at radius 1 is 1.19 bits per heavy atom. The van der Waals surface area contributed by atoms with Crippen LogP contribution >= 0.6 is 24.0 Å². The van der Waals surface area contributed by atoms with Gasteiger partial charge in [-0.2, -0.15) is 0 Å². The zero-order valence-electron chi connectivity index (χ0n) is 17.3. The quantitative estimate of drug-likeness (QED) is 0.480. The van der Waals surface area contributed by atoms with E-state index in [0.717, 1.165) is 22.2 Å². The second-order valence-electron chi connectivity index (χ2n) is 8.17. The summed E-state index contributed by atoms with van der Waals surface area (Å²) >= 11 is 6.28. The summed E-state index contributed by atoms with van der Waals surface area (Å²) in [7, 11) is 0. The number of anilines is 2. The number of thiocarbonyl (C=S) groups is 1. The standard InChI is InChI=1S/C25H22N2O3S2/c28-23(29)15-26-24(30)22(32-25(26)31)11-4-6-16-12-13-21-19(14-16)18-9-5-10-20(18)27(21)17-7-2-1-3-8-17/h1-4,6-8,11-14,18,20H,5,9-10,15H2,(H,28,29)/b6-4+,22-11+. The molecule has 1 amide bonds. The van der Waals surface area contributed by atoms with Gasteiger partial charge in [0, 0.05) is 23.3 Å². The van der Waals surface area contributed by atoms with E-state index in [9.17, 15) is 9.59 Å². The SMILES string of the molecule is O=C(O)CN1C(=O)/C(=C\C=C\c2ccc3c(c2)C2CCCC2N3c2ccccc2)SC1=S. The van der Waals surface area contributed by atoms with Gasteiger partial charge in [-0.3, -0.25) is 14.5 Å². The van der Waals surface area contributed by atoms with E-state index < -0.39 is 12.5 Å². The summed E-state index contributed by atoms with van der Waals surface area (Å²) in [6.45, 7) is -0.406. The Labute approximate surface area is 196 Å². The average molecular weight is 463 g/mol. The molecule has 1 saturated heterocycles. The monoisotopic (exact) mass is 462 g/mol. The molecule has 5 nitrogen and oxygen atoms in total. The maximum absolute atomic E-state index is 12.4. The number of fused-ring (bicyclic) bond motifs is 3. The molecular weight excluding hydrogens is 440 g/mol. The Kier molecular flexibility index (Phi) is 5.61. The molecular formula is C25H22N2O3S2. The first-order valence-electron chi connectivity index (χ1n) is 10.6. The molecule has 2 atom stereocenters. The molecule has 1 aliphatic carbocycles. The van der Waals surface area contributed by atoms with E-state index >= 15 is 0 Å². The smallest absolute Gasteiger partial charge is 0.323 e. The van der Waals surface area contributed by atoms with Crippen LogP contribution in [-0.2, 0) is 9.59 Å². The number of hydrogen-bond donors (Lipinski definition) is 1. The highest BCUT2D eigenvalue weighted by Gasteiger charge is 2.42. The van der Waals surface area contributed by atoms with Crippen LogP contribution in [0.3, 0.4) is 0 Å². The van der Waals surface area contributed by atoms with Gasteiger partial charge in [0.25, 0.3) is 5.91 Å². The summed E-state index contributed by atoms with van der Waals surface area (Å²) in [6.07, 6.45) is 9.20. The van der Waals surface area contributed by atoms with Crippen LogP contribution in [0, 0.1) is 0 Å². The Balaban J connectivity index is 1.38. The zero-order chi connectivity index (χ0) is 22.2. The van der Waals surface area contributed by atoms with Gasteiger partial charge in [-0.1, -0.05) is 66.8 Å². The first-order valence-corrected chi connectivity index (χ1v) is 11.9. The average Bonchev–Trinajstić information content (AvgIpc) is 3.44. The van der Waals surface area contributed by atoms with E-state index in [4.69, 9.17) is 17.3 Å². The van der Waals surface area contributed by atoms with Crippen molar-refractivity contribution in [2.24, 2.45) is 0 Å². The van der Waals surface area contributed by atoms with Crippen molar-refractivity contribution in [1.29, 1.82) is 0 Å². The fourth-order valence-corrected chi connectivity index (χ4v) is 6.14. The maximum atomic E-state index is 12.4. The second-order valence-corrected chi connectivity index (χ2v) is 9.85. The lowest BCUT2D eigenvalue weighted by molar-refractivity contribution is -0.140. The minimum atomic E-state index is -1.08. The molecule has 1 N–H and O–H groups in total. The number of carbonyl (C=O) groups is 2. The molecule has 2 heterocycles. The van der Waals surface area contributed by atoms with Gasteiger partial charge >= 0.3 is 5.97 Å². The minimum Gasteiger partial charge on any atom is -0.480 e. The second kappa shape index (κ2) is 8.56. The number of allylic oxidation sites excluding steroid dienone is 2. The highest BCUT2D eigenvalue weighted by atomic mass is 32.2. The van der Waals surface area contributed by atoms with Crippen molar-refractivity contribution < 1.29 is 14.7 Å². The fourth-order valence-electron chi connectivity index (χ4n) is 4.94. The molecule has 2 aliphatic heterocycles. The minimum absolute atomic E-state index is 0.280. The van der Waals surface area contributed by atoms with Crippen LogP contribution in [0.1, 0.15) is 36.3 Å². The lowest BCUT2D eigenvalue weighted by atomic mass is 9.96. The van der Waals surface area contributed by atoms with Gasteiger partial charge in [-0.05, 0) is 54.3 Å². The molecule has 3 aliphatic rings. The predicted molar refractivity (Wildman–Crippen MR) is 132 cm³/mol. The number of carbonyl (C=O) groups excluding carboxylic acids is 1. The summed E-state index contributed by atoms with van der Waals surface area (Å²) in [5.41, 5.74) is 5.01. The van der Waals surface area contributed by atoms with Gasteiger partial charge in [0.15, 0.2) is 0 Å². The van der Waals surface area contributed by atoms with Crippen molar-refractivity contribution in [3.05, 3.63) is 76.7 Å². The molecule has 162 valence electrons. The van der Waals surface area contributed by atoms with Gasteiger partial charge in [0.05, 0.1) is 4.91 Å². The van der Waals surface area contributed by atoms with Gasteiger partial charge in [-0.25, -0.2) is 0 Å². The molecule has 0 aromatic heterocycles. The van der Waals surface area contributed by atoms with E-state index in [1.807, 2.05) is 12.2 Å². The Hall–Kier alpha value is -2.90. The van der Waals surface area contributed by atoms with Gasteiger partial charge in [0.1, 0.15) is 10.9 Å². The number of amides is 1. The lowest BCUT2D eigenvalue weighted by Crippen LogP contribution is -2.33. The van der Waals surface area contributed by atoms with Crippen molar-refractivity contribution in [1.82, 2.24) is 4.90 Å². The highest BCUT2D eigenvalue weighted by Crippen LogP contribution is 2.52. The molecule has 2 unspecified atom stereocenters. The van der Waals surface area contributed by atoms with Gasteiger partial charge < -0.3 is 10.0 Å². The number of aliphatic carboxylic acids is 1. The van der Waals surface area contributed by atoms with E-state index in [1.54, 1.807) is 6.08 Å². The third-order valence-corrected chi connectivity index (χ3v) is 7.66. The zero-order valence-corrected chi connectivity index (χ0v) is 18.9. The first kappa shape index (κ1) is 21.0. The number of hydrogen-bond acceptors (Lipinski definition) is 5. The Morgan fingerprint density at radius 3 is 2.78 bits per heavy atom. The highest BCUT2D eigenvalue weighted by molar-refractivity contribution is 8.26. The topological polar surface area (TPSA) is 60.9 Å². The molecule has 0 radical (unpaired) electrons. The van der Waals surface area contributed by atoms with Crippen molar-refractivity contribution in [2.75, 3.05) is 11.4 Å². The van der Waals surface area contributed by atoms with E-state index in [1.165, 1.54) is 36.2 Å². The summed E-state index contributed by atoms with van der Waals surface area (Å²) in [5, 5.41) is 8.95. The van der Waals surface area contributed by atoms with Crippen LogP contribution in [0.15, 0.2) is 65.6 Å². The number of benzene rings is 2. The molecule has 0 bridgehead atoms. The Morgan fingerprint density at radius 2 is 2.00 bits per heavy atom. The lowest BCUT2D eigenvalue weighted by Gasteiger charge is -2.27. The van der Waals surface area contributed by atoms with Crippen LogP contribution in [0.5, 0.6) is 0 Å². The number of carboxylic acids is 1. The van der Waals surface area contributed by atoms with Crippen LogP contribution in [-0.4, -0.2) is 38.8 Å². The first-order chi connectivity index (χ1) is 15.5. The van der Waals surface area contributed by atoms with Crippen molar-refractivity contribution in [3.8, 4) is 0 Å². The van der Waals surface area contributed by atoms with Crippen LogP contribution < -0.4 is 4.90 Å². The maximum Gasteiger partial charge on any atom is 0.323 e. The summed E-state index contributed by atoms with van der Waals surface area (Å²) in [6, 6.07) is 17.7. The molecule has 2 fully saturated rings. The largest absolute Gasteiger partial charge is 0.480 e. The van der Waals surface area contributed by atoms with Crippen molar-refractivity contribution in [3.63, 3.8) is 0 Å². The third-order valence-electron chi connectivity index (χ3n) is 6.26. The number of nitrogens with zero attached hydrogens (tertiary/aromatic N) is 2. The van der Waals surface area contributed by atoms with Crippen molar-refractivity contribution >= 4 is 57.6 Å². The summed E-state index contributed by atoms with van der Waals surface area (Å²) in [4.78, 5) is 27.4. The van der Waals surface area contributed by atoms with E-state index in [-0.39, 0.29) is 10.2 Å². The van der Waals surface area contributed by atoms with Crippen LogP contribution in [0.2, 0.25) is 0 Å². The van der Waals surface area contributed by atoms with Crippen LogP contribution in [0.25, 0.3) is 6.08 Å². The predicted octanol–water partition coefficient (Wildman–Crippen LogP) is 5.32. The third kappa shape index (κ3) is 3.76. The van der Waals surface area contributed by atoms with Gasteiger partial charge in [-0.15, -0.1) is 0 Å². The van der Waals surface area contributed by atoms with Crippen molar-refractivity contribution in [2.45, 2.75) is 31.2 Å². The van der Waals surface area contributed by atoms with E-state index in [0.29, 0.717) is 16.9 Å². The number of rotatable bonds is 5. The number of thioether (sulfide) groups is 1. The molecule has 7 heteroatoms. The molecule has 32 heavy (non-hydrogen) atoms.